The summed E-state index contributed by atoms with van der Waals surface area (Å²) in [6, 6.07) is 9.98. The molecule has 2 rings (SSSR count). The Morgan fingerprint density at radius 3 is 2.26 bits per heavy atom. The summed E-state index contributed by atoms with van der Waals surface area (Å²) in [4.78, 5) is 12.5. The Bertz CT molecular complexity index is 461. The van der Waals surface area contributed by atoms with E-state index in [1.54, 1.807) is 0 Å². The molecule has 0 N–H and O–H groups in total. The second-order valence-corrected chi connectivity index (χ2v) is 5.56. The summed E-state index contributed by atoms with van der Waals surface area (Å²) in [5, 5.41) is 9.35. The highest BCUT2D eigenvalue weighted by Crippen LogP contribution is 2.29. The van der Waals surface area contributed by atoms with Crippen molar-refractivity contribution in [1.82, 2.24) is 0 Å². The van der Waals surface area contributed by atoms with E-state index >= 15 is 0 Å². The standard InChI is InChI=1S/C17H21NO/c1-13-8-10-14(11-9-13)16(12-18)17(19)15-6-4-2-3-5-7-15/h8-11,15-16H,2-7H2,1H3. The fourth-order valence-corrected chi connectivity index (χ4v) is 2.86. The van der Waals surface area contributed by atoms with Crippen molar-refractivity contribution < 1.29 is 4.79 Å². The van der Waals surface area contributed by atoms with E-state index in [0.717, 1.165) is 36.8 Å². The van der Waals surface area contributed by atoms with Crippen LogP contribution >= 0.6 is 0 Å². The second-order valence-electron chi connectivity index (χ2n) is 5.56. The smallest absolute Gasteiger partial charge is 0.157 e. The lowest BCUT2D eigenvalue weighted by Crippen LogP contribution is -2.21. The first kappa shape index (κ1) is 13.8. The minimum atomic E-state index is -0.580. The largest absolute Gasteiger partial charge is 0.298 e. The number of hydrogen-bond donors (Lipinski definition) is 0. The first-order valence-electron chi connectivity index (χ1n) is 7.22. The van der Waals surface area contributed by atoms with Crippen LogP contribution in [0.25, 0.3) is 0 Å². The molecule has 1 unspecified atom stereocenters. The van der Waals surface area contributed by atoms with Crippen molar-refractivity contribution in [2.24, 2.45) is 5.92 Å². The SMILES string of the molecule is Cc1ccc(C(C#N)C(=O)C2CCCCCC2)cc1. The highest BCUT2D eigenvalue weighted by Gasteiger charge is 2.28. The average Bonchev–Trinajstić information content (AvgIpc) is 2.70. The summed E-state index contributed by atoms with van der Waals surface area (Å²) in [5.74, 6) is -0.356. The van der Waals surface area contributed by atoms with Crippen LogP contribution in [-0.4, -0.2) is 5.78 Å². The van der Waals surface area contributed by atoms with Crippen molar-refractivity contribution in [1.29, 1.82) is 5.26 Å². The number of aryl methyl sites for hydroxylation is 1. The Kier molecular flexibility index (Phi) is 4.74. The lowest BCUT2D eigenvalue weighted by atomic mass is 9.84. The molecule has 2 nitrogen and oxygen atoms in total. The molecule has 2 heteroatoms. The highest BCUT2D eigenvalue weighted by molar-refractivity contribution is 5.90. The number of benzene rings is 1. The molecular formula is C17H21NO. The van der Waals surface area contributed by atoms with Crippen molar-refractivity contribution in [3.8, 4) is 6.07 Å². The quantitative estimate of drug-likeness (QED) is 0.761. The maximum absolute atomic E-state index is 12.5. The van der Waals surface area contributed by atoms with Gasteiger partial charge in [-0.25, -0.2) is 0 Å². The van der Waals surface area contributed by atoms with Gasteiger partial charge in [-0.1, -0.05) is 55.5 Å². The molecule has 0 saturated heterocycles. The number of nitriles is 1. The van der Waals surface area contributed by atoms with Gasteiger partial charge in [0.05, 0.1) is 6.07 Å². The van der Waals surface area contributed by atoms with Crippen molar-refractivity contribution in [3.05, 3.63) is 35.4 Å². The number of Topliss-reactive ketones (excluding diaryl/α,β-unsaturated/α-hetero) is 1. The van der Waals surface area contributed by atoms with Crippen LogP contribution in [0.2, 0.25) is 0 Å². The molecule has 1 fully saturated rings. The maximum atomic E-state index is 12.5. The number of ketones is 1. The molecule has 100 valence electrons. The summed E-state index contributed by atoms with van der Waals surface area (Å²) in [6.45, 7) is 2.01. The third kappa shape index (κ3) is 3.44. The number of carbonyl (C=O) groups is 1. The summed E-state index contributed by atoms with van der Waals surface area (Å²) in [6.07, 6.45) is 6.63. The first-order chi connectivity index (χ1) is 9.22. The van der Waals surface area contributed by atoms with Crippen LogP contribution in [0.15, 0.2) is 24.3 Å². The zero-order valence-electron chi connectivity index (χ0n) is 11.6. The summed E-state index contributed by atoms with van der Waals surface area (Å²) in [5.41, 5.74) is 2.00. The molecule has 0 heterocycles. The molecule has 1 aromatic rings. The third-order valence-electron chi connectivity index (χ3n) is 4.08. The van der Waals surface area contributed by atoms with Gasteiger partial charge in [-0.2, -0.15) is 5.26 Å². The number of rotatable bonds is 3. The van der Waals surface area contributed by atoms with Gasteiger partial charge in [0.2, 0.25) is 0 Å². The monoisotopic (exact) mass is 255 g/mol. The Morgan fingerprint density at radius 2 is 1.74 bits per heavy atom. The van der Waals surface area contributed by atoms with Gasteiger partial charge in [-0.15, -0.1) is 0 Å². The van der Waals surface area contributed by atoms with E-state index in [4.69, 9.17) is 0 Å². The summed E-state index contributed by atoms with van der Waals surface area (Å²) < 4.78 is 0. The molecule has 1 saturated carbocycles. The van der Waals surface area contributed by atoms with E-state index in [1.807, 2.05) is 31.2 Å². The molecule has 0 radical (unpaired) electrons. The molecule has 0 amide bonds. The topological polar surface area (TPSA) is 40.9 Å². The van der Waals surface area contributed by atoms with Crippen LogP contribution in [0.5, 0.6) is 0 Å². The van der Waals surface area contributed by atoms with Gasteiger partial charge in [-0.3, -0.25) is 4.79 Å². The van der Waals surface area contributed by atoms with Crippen molar-refractivity contribution in [3.63, 3.8) is 0 Å². The molecule has 1 atom stereocenters. The number of nitrogens with zero attached hydrogens (tertiary/aromatic N) is 1. The third-order valence-corrected chi connectivity index (χ3v) is 4.08. The molecule has 1 aliphatic carbocycles. The molecule has 0 spiro atoms. The van der Waals surface area contributed by atoms with Crippen LogP contribution in [0.4, 0.5) is 0 Å². The fraction of sp³-hybridized carbons (Fsp3) is 0.529. The summed E-state index contributed by atoms with van der Waals surface area (Å²) in [7, 11) is 0. The summed E-state index contributed by atoms with van der Waals surface area (Å²) >= 11 is 0. The van der Waals surface area contributed by atoms with Gasteiger partial charge in [-0.05, 0) is 25.3 Å². The van der Waals surface area contributed by atoms with Crippen LogP contribution in [0.3, 0.4) is 0 Å². The number of carbonyl (C=O) groups excluding carboxylic acids is 1. The van der Waals surface area contributed by atoms with E-state index in [-0.39, 0.29) is 11.7 Å². The number of hydrogen-bond acceptors (Lipinski definition) is 2. The molecular weight excluding hydrogens is 234 g/mol. The maximum Gasteiger partial charge on any atom is 0.157 e. The normalized spacial score (nSPS) is 18.3. The molecule has 19 heavy (non-hydrogen) atoms. The van der Waals surface area contributed by atoms with Crippen LogP contribution in [0.1, 0.15) is 55.6 Å². The predicted octanol–water partition coefficient (Wildman–Crippen LogP) is 4.14. The van der Waals surface area contributed by atoms with Gasteiger partial charge in [0.15, 0.2) is 5.78 Å². The van der Waals surface area contributed by atoms with Crippen molar-refractivity contribution >= 4 is 5.78 Å². The first-order valence-corrected chi connectivity index (χ1v) is 7.22. The van der Waals surface area contributed by atoms with Crippen LogP contribution in [0, 0.1) is 24.2 Å². The zero-order chi connectivity index (χ0) is 13.7. The second kappa shape index (κ2) is 6.52. The Morgan fingerprint density at radius 1 is 1.16 bits per heavy atom. The Balaban J connectivity index is 2.14. The Labute approximate surface area is 115 Å². The van der Waals surface area contributed by atoms with Gasteiger partial charge < -0.3 is 0 Å². The van der Waals surface area contributed by atoms with E-state index in [2.05, 4.69) is 6.07 Å². The van der Waals surface area contributed by atoms with E-state index in [0.29, 0.717) is 0 Å². The zero-order valence-corrected chi connectivity index (χ0v) is 11.6. The van der Waals surface area contributed by atoms with Gasteiger partial charge in [0.25, 0.3) is 0 Å². The van der Waals surface area contributed by atoms with Crippen molar-refractivity contribution in [2.75, 3.05) is 0 Å². The van der Waals surface area contributed by atoms with Crippen LogP contribution < -0.4 is 0 Å². The highest BCUT2D eigenvalue weighted by atomic mass is 16.1. The Hall–Kier alpha value is -1.62. The molecule has 1 aliphatic rings. The van der Waals surface area contributed by atoms with Gasteiger partial charge in [0.1, 0.15) is 5.92 Å². The lowest BCUT2D eigenvalue weighted by Gasteiger charge is -2.16. The fourth-order valence-electron chi connectivity index (χ4n) is 2.86. The van der Waals surface area contributed by atoms with E-state index in [9.17, 15) is 10.1 Å². The van der Waals surface area contributed by atoms with Crippen molar-refractivity contribution in [2.45, 2.75) is 51.4 Å². The van der Waals surface area contributed by atoms with Gasteiger partial charge in [0, 0.05) is 5.92 Å². The van der Waals surface area contributed by atoms with E-state index in [1.165, 1.54) is 12.8 Å². The minimum absolute atomic E-state index is 0.0912. The molecule has 0 bridgehead atoms. The molecule has 1 aromatic carbocycles. The predicted molar refractivity (Wildman–Crippen MR) is 75.7 cm³/mol. The average molecular weight is 255 g/mol. The minimum Gasteiger partial charge on any atom is -0.298 e. The molecule has 0 aromatic heterocycles. The lowest BCUT2D eigenvalue weighted by molar-refractivity contribution is -0.123. The van der Waals surface area contributed by atoms with Gasteiger partial charge >= 0.3 is 0 Å². The van der Waals surface area contributed by atoms with E-state index < -0.39 is 5.92 Å². The molecule has 0 aliphatic heterocycles. The van der Waals surface area contributed by atoms with Crippen LogP contribution in [-0.2, 0) is 4.79 Å².